The van der Waals surface area contributed by atoms with E-state index in [1.807, 2.05) is 23.6 Å². The third-order valence-corrected chi connectivity index (χ3v) is 6.24. The number of carboxylic acids is 1. The molecule has 0 aliphatic heterocycles. The average Bonchev–Trinajstić information content (AvgIpc) is 3.55. The molecule has 1 aromatic heterocycles. The molecule has 0 spiro atoms. The predicted molar refractivity (Wildman–Crippen MR) is 120 cm³/mol. The molecule has 30 heavy (non-hydrogen) atoms. The van der Waals surface area contributed by atoms with Crippen molar-refractivity contribution in [3.8, 4) is 11.3 Å². The van der Waals surface area contributed by atoms with E-state index < -0.39 is 11.4 Å². The van der Waals surface area contributed by atoms with Gasteiger partial charge in [-0.1, -0.05) is 53.5 Å². The summed E-state index contributed by atoms with van der Waals surface area (Å²) in [6.07, 6.45) is 2.98. The van der Waals surface area contributed by atoms with Crippen LogP contribution in [0.4, 0.5) is 0 Å². The number of hydrogen-bond donors (Lipinski definition) is 1. The van der Waals surface area contributed by atoms with Crippen molar-refractivity contribution < 1.29 is 9.90 Å². The summed E-state index contributed by atoms with van der Waals surface area (Å²) in [5.41, 5.74) is 3.32. The number of halogens is 2. The van der Waals surface area contributed by atoms with Crippen LogP contribution in [0.25, 0.3) is 11.3 Å². The maximum atomic E-state index is 12.8. The number of nitrogens with zero attached hydrogens (tertiary/aromatic N) is 1. The minimum Gasteiger partial charge on any atom is -0.477 e. The zero-order chi connectivity index (χ0) is 21.4. The lowest BCUT2D eigenvalue weighted by atomic mass is 9.99. The third kappa shape index (κ3) is 4.03. The van der Waals surface area contributed by atoms with Crippen LogP contribution in [0.5, 0.6) is 0 Å². The van der Waals surface area contributed by atoms with Crippen molar-refractivity contribution in [2.24, 2.45) is 0 Å². The molecule has 6 heteroatoms. The van der Waals surface area contributed by atoms with E-state index in [0.29, 0.717) is 40.2 Å². The van der Waals surface area contributed by atoms with Crippen molar-refractivity contribution in [2.75, 3.05) is 0 Å². The predicted octanol–water partition coefficient (Wildman–Crippen LogP) is 6.01. The lowest BCUT2D eigenvalue weighted by Gasteiger charge is -2.20. The van der Waals surface area contributed by atoms with Gasteiger partial charge in [-0.2, -0.15) is 0 Å². The maximum absolute atomic E-state index is 12.8. The highest BCUT2D eigenvalue weighted by Gasteiger charge is 2.24. The van der Waals surface area contributed by atoms with Crippen LogP contribution in [0.3, 0.4) is 0 Å². The molecule has 1 fully saturated rings. The van der Waals surface area contributed by atoms with Gasteiger partial charge in [-0.3, -0.25) is 4.79 Å². The quantitative estimate of drug-likeness (QED) is 0.509. The molecule has 1 saturated carbocycles. The summed E-state index contributed by atoms with van der Waals surface area (Å²) in [4.78, 5) is 24.8. The first-order valence-corrected chi connectivity index (χ1v) is 10.7. The first-order chi connectivity index (χ1) is 14.4. The Labute approximate surface area is 184 Å². The fourth-order valence-corrected chi connectivity index (χ4v) is 4.24. The number of benzene rings is 2. The average molecular weight is 442 g/mol. The molecule has 1 aliphatic carbocycles. The standard InChI is InChI=1S/C24H21Cl2NO3/c1-2-27-18(11-14-4-3-5-16(10-14)15-6-7-15)13-21(28)22(24(29)30)23(27)17-8-9-19(25)20(26)12-17/h3-5,8-10,12-13,15H,2,6-7,11H2,1H3,(H,29,30). The van der Waals surface area contributed by atoms with Crippen LogP contribution < -0.4 is 5.43 Å². The molecular weight excluding hydrogens is 421 g/mol. The van der Waals surface area contributed by atoms with E-state index in [2.05, 4.69) is 12.1 Å². The molecule has 0 saturated heterocycles. The van der Waals surface area contributed by atoms with Gasteiger partial charge in [0.25, 0.3) is 0 Å². The molecule has 1 heterocycles. The van der Waals surface area contributed by atoms with Crippen LogP contribution in [0, 0.1) is 0 Å². The highest BCUT2D eigenvalue weighted by molar-refractivity contribution is 6.42. The van der Waals surface area contributed by atoms with Gasteiger partial charge in [-0.15, -0.1) is 0 Å². The number of rotatable bonds is 6. The summed E-state index contributed by atoms with van der Waals surface area (Å²) < 4.78 is 1.88. The highest BCUT2D eigenvalue weighted by Crippen LogP contribution is 2.40. The zero-order valence-corrected chi connectivity index (χ0v) is 18.0. The molecule has 1 aliphatic rings. The fourth-order valence-electron chi connectivity index (χ4n) is 3.94. The molecule has 1 N–H and O–H groups in total. The Morgan fingerprint density at radius 1 is 1.10 bits per heavy atom. The first kappa shape index (κ1) is 20.7. The molecule has 0 bridgehead atoms. The maximum Gasteiger partial charge on any atom is 0.341 e. The third-order valence-electron chi connectivity index (χ3n) is 5.51. The van der Waals surface area contributed by atoms with E-state index >= 15 is 0 Å². The Balaban J connectivity index is 1.88. The second kappa shape index (κ2) is 8.29. The monoisotopic (exact) mass is 441 g/mol. The summed E-state index contributed by atoms with van der Waals surface area (Å²) in [7, 11) is 0. The summed E-state index contributed by atoms with van der Waals surface area (Å²) in [6.45, 7) is 2.44. The van der Waals surface area contributed by atoms with E-state index in [1.54, 1.807) is 18.2 Å². The Hall–Kier alpha value is -2.56. The lowest BCUT2D eigenvalue weighted by molar-refractivity contribution is 0.0695. The summed E-state index contributed by atoms with van der Waals surface area (Å²) in [6, 6.07) is 14.8. The van der Waals surface area contributed by atoms with Gasteiger partial charge in [0.2, 0.25) is 0 Å². The summed E-state index contributed by atoms with van der Waals surface area (Å²) >= 11 is 12.2. The molecule has 0 radical (unpaired) electrons. The second-order valence-electron chi connectivity index (χ2n) is 7.60. The number of pyridine rings is 1. The van der Waals surface area contributed by atoms with Gasteiger partial charge in [-0.25, -0.2) is 4.79 Å². The van der Waals surface area contributed by atoms with Gasteiger partial charge in [-0.05, 0) is 48.9 Å². The molecule has 4 rings (SSSR count). The number of carbonyl (C=O) groups is 1. The SMILES string of the molecule is CCn1c(Cc2cccc(C3CC3)c2)cc(=O)c(C(=O)O)c1-c1ccc(Cl)c(Cl)c1. The molecule has 3 aromatic rings. The van der Waals surface area contributed by atoms with E-state index in [-0.39, 0.29) is 5.56 Å². The van der Waals surface area contributed by atoms with Crippen LogP contribution >= 0.6 is 23.2 Å². The number of carboxylic acid groups (broad SMARTS) is 1. The molecule has 0 atom stereocenters. The normalized spacial score (nSPS) is 13.4. The fraction of sp³-hybridized carbons (Fsp3) is 0.250. The Morgan fingerprint density at radius 2 is 1.87 bits per heavy atom. The van der Waals surface area contributed by atoms with Crippen molar-refractivity contribution in [1.29, 1.82) is 0 Å². The minimum atomic E-state index is -1.26. The number of aromatic nitrogens is 1. The molecule has 0 unspecified atom stereocenters. The largest absolute Gasteiger partial charge is 0.477 e. The molecule has 4 nitrogen and oxygen atoms in total. The van der Waals surface area contributed by atoms with Gasteiger partial charge in [0.05, 0.1) is 15.7 Å². The smallest absolute Gasteiger partial charge is 0.341 e. The second-order valence-corrected chi connectivity index (χ2v) is 8.41. The topological polar surface area (TPSA) is 59.3 Å². The highest BCUT2D eigenvalue weighted by atomic mass is 35.5. The summed E-state index contributed by atoms with van der Waals surface area (Å²) in [5.74, 6) is -0.620. The van der Waals surface area contributed by atoms with Crippen molar-refractivity contribution >= 4 is 29.2 Å². The Morgan fingerprint density at radius 3 is 2.50 bits per heavy atom. The summed E-state index contributed by atoms with van der Waals surface area (Å²) in [5, 5.41) is 10.4. The zero-order valence-electron chi connectivity index (χ0n) is 16.5. The minimum absolute atomic E-state index is 0.259. The van der Waals surface area contributed by atoms with Crippen molar-refractivity contribution in [3.63, 3.8) is 0 Å². The Bertz CT molecular complexity index is 1200. The van der Waals surface area contributed by atoms with E-state index in [1.165, 1.54) is 24.5 Å². The van der Waals surface area contributed by atoms with Crippen molar-refractivity contribution in [1.82, 2.24) is 4.57 Å². The molecule has 2 aromatic carbocycles. The van der Waals surface area contributed by atoms with Crippen molar-refractivity contribution in [3.05, 3.63) is 91.2 Å². The van der Waals surface area contributed by atoms with Crippen LogP contribution in [0.2, 0.25) is 10.0 Å². The van der Waals surface area contributed by atoms with Crippen molar-refractivity contribution in [2.45, 2.75) is 38.6 Å². The van der Waals surface area contributed by atoms with Crippen LogP contribution in [-0.4, -0.2) is 15.6 Å². The Kier molecular flexibility index (Phi) is 5.72. The van der Waals surface area contributed by atoms with Crippen LogP contribution in [0.15, 0.2) is 53.3 Å². The van der Waals surface area contributed by atoms with Gasteiger partial charge < -0.3 is 9.67 Å². The van der Waals surface area contributed by atoms with Crippen LogP contribution in [0.1, 0.15) is 52.9 Å². The van der Waals surface area contributed by atoms with Crippen LogP contribution in [-0.2, 0) is 13.0 Å². The molecule has 154 valence electrons. The number of aromatic carboxylic acids is 1. The van der Waals surface area contributed by atoms with E-state index in [4.69, 9.17) is 23.2 Å². The molecule has 0 amide bonds. The van der Waals surface area contributed by atoms with Gasteiger partial charge in [0.15, 0.2) is 5.43 Å². The molecular formula is C24H21Cl2NO3. The van der Waals surface area contributed by atoms with Gasteiger partial charge in [0, 0.05) is 30.3 Å². The van der Waals surface area contributed by atoms with Gasteiger partial charge in [0.1, 0.15) is 5.56 Å². The first-order valence-electron chi connectivity index (χ1n) is 9.93. The van der Waals surface area contributed by atoms with Gasteiger partial charge >= 0.3 is 5.97 Å². The van der Waals surface area contributed by atoms with E-state index in [0.717, 1.165) is 11.3 Å². The lowest BCUT2D eigenvalue weighted by Crippen LogP contribution is -2.23. The van der Waals surface area contributed by atoms with E-state index in [9.17, 15) is 14.7 Å². The number of hydrogen-bond acceptors (Lipinski definition) is 2.